The number of aliphatic hydroxyl groups is 1. The number of rotatable bonds is 2. The first-order valence-corrected chi connectivity index (χ1v) is 6.48. The Bertz CT molecular complexity index is 713. The van der Waals surface area contributed by atoms with Gasteiger partial charge < -0.3 is 14.6 Å². The summed E-state index contributed by atoms with van der Waals surface area (Å²) in [5, 5.41) is 10.3. The fourth-order valence-electron chi connectivity index (χ4n) is 2.71. The highest BCUT2D eigenvalue weighted by Gasteiger charge is 2.47. The lowest BCUT2D eigenvalue weighted by Crippen LogP contribution is -2.29. The molecule has 108 valence electrons. The molecule has 0 aromatic heterocycles. The molecule has 1 aliphatic carbocycles. The van der Waals surface area contributed by atoms with Crippen LogP contribution in [-0.2, 0) is 4.74 Å². The standard InChI is InChI=1S/C16H14O5/c1-7(2)15-14(19)11-13(18)10-8(12(17)16(11)21-15)5-4-6-9(10)20-3/h4-6,14-15,19H,1H2,2-3H3/t14-,15-/m0/s1. The lowest BCUT2D eigenvalue weighted by molar-refractivity contribution is 0.0644. The molecule has 1 aliphatic heterocycles. The van der Waals surface area contributed by atoms with E-state index in [2.05, 4.69) is 6.58 Å². The van der Waals surface area contributed by atoms with Crippen molar-refractivity contribution in [3.63, 3.8) is 0 Å². The predicted octanol–water partition coefficient (Wildman–Crippen LogP) is 1.66. The number of aliphatic hydroxyl groups excluding tert-OH is 1. The Morgan fingerprint density at radius 3 is 2.67 bits per heavy atom. The number of Topliss-reactive ketones (excluding diaryl/α,β-unsaturated/α-hetero) is 2. The van der Waals surface area contributed by atoms with Gasteiger partial charge in [0.1, 0.15) is 18.0 Å². The van der Waals surface area contributed by atoms with E-state index in [1.807, 2.05) is 0 Å². The van der Waals surface area contributed by atoms with Crippen LogP contribution in [0.3, 0.4) is 0 Å². The molecule has 0 amide bonds. The van der Waals surface area contributed by atoms with Gasteiger partial charge in [0.2, 0.25) is 5.78 Å². The summed E-state index contributed by atoms with van der Waals surface area (Å²) in [5.41, 5.74) is 0.944. The molecule has 5 nitrogen and oxygen atoms in total. The number of carbonyl (C=O) groups excluding carboxylic acids is 2. The van der Waals surface area contributed by atoms with Crippen molar-refractivity contribution in [2.45, 2.75) is 19.1 Å². The van der Waals surface area contributed by atoms with Gasteiger partial charge in [-0.2, -0.15) is 0 Å². The van der Waals surface area contributed by atoms with E-state index in [1.165, 1.54) is 7.11 Å². The van der Waals surface area contributed by atoms with Crippen molar-refractivity contribution in [1.29, 1.82) is 0 Å². The SMILES string of the molecule is C=C(C)[C@@H]1OC2=C(C(=O)c3c(OC)cccc3C2=O)[C@@H]1O. The zero-order valence-electron chi connectivity index (χ0n) is 11.7. The Morgan fingerprint density at radius 1 is 1.33 bits per heavy atom. The quantitative estimate of drug-likeness (QED) is 0.837. The third-order valence-electron chi connectivity index (χ3n) is 3.73. The molecule has 0 fully saturated rings. The topological polar surface area (TPSA) is 72.8 Å². The van der Waals surface area contributed by atoms with Crippen LogP contribution in [0.1, 0.15) is 27.6 Å². The van der Waals surface area contributed by atoms with Crippen molar-refractivity contribution in [3.8, 4) is 5.75 Å². The second-order valence-corrected chi connectivity index (χ2v) is 5.11. The van der Waals surface area contributed by atoms with Crippen LogP contribution < -0.4 is 4.74 Å². The molecule has 21 heavy (non-hydrogen) atoms. The van der Waals surface area contributed by atoms with Crippen LogP contribution in [0.2, 0.25) is 0 Å². The average Bonchev–Trinajstić information content (AvgIpc) is 2.82. The number of methoxy groups -OCH3 is 1. The minimum atomic E-state index is -1.19. The summed E-state index contributed by atoms with van der Waals surface area (Å²) >= 11 is 0. The maximum absolute atomic E-state index is 12.6. The normalized spacial score (nSPS) is 23.6. The summed E-state index contributed by atoms with van der Waals surface area (Å²) in [6.45, 7) is 5.40. The van der Waals surface area contributed by atoms with E-state index >= 15 is 0 Å². The van der Waals surface area contributed by atoms with E-state index < -0.39 is 23.8 Å². The van der Waals surface area contributed by atoms with Gasteiger partial charge in [-0.3, -0.25) is 9.59 Å². The van der Waals surface area contributed by atoms with Gasteiger partial charge >= 0.3 is 0 Å². The first-order valence-electron chi connectivity index (χ1n) is 6.48. The van der Waals surface area contributed by atoms with Crippen molar-refractivity contribution < 1.29 is 24.2 Å². The summed E-state index contributed by atoms with van der Waals surface area (Å²) in [6, 6.07) is 4.79. The third-order valence-corrected chi connectivity index (χ3v) is 3.73. The lowest BCUT2D eigenvalue weighted by atomic mass is 9.85. The molecule has 5 heteroatoms. The van der Waals surface area contributed by atoms with Gasteiger partial charge in [0.15, 0.2) is 11.5 Å². The zero-order chi connectivity index (χ0) is 15.3. The lowest BCUT2D eigenvalue weighted by Gasteiger charge is -2.18. The number of fused-ring (bicyclic) bond motifs is 1. The van der Waals surface area contributed by atoms with E-state index in [9.17, 15) is 14.7 Å². The largest absolute Gasteiger partial charge is 0.496 e. The summed E-state index contributed by atoms with van der Waals surface area (Å²) in [5.74, 6) is -0.626. The minimum Gasteiger partial charge on any atom is -0.496 e. The number of ether oxygens (including phenoxy) is 2. The summed E-state index contributed by atoms with van der Waals surface area (Å²) in [6.07, 6.45) is -1.96. The molecule has 0 unspecified atom stereocenters. The van der Waals surface area contributed by atoms with E-state index in [0.717, 1.165) is 0 Å². The van der Waals surface area contributed by atoms with Gasteiger partial charge in [-0.05, 0) is 24.6 Å². The van der Waals surface area contributed by atoms with Crippen LogP contribution in [0.5, 0.6) is 5.75 Å². The Labute approximate surface area is 121 Å². The first-order chi connectivity index (χ1) is 9.97. The van der Waals surface area contributed by atoms with Gasteiger partial charge in [-0.25, -0.2) is 0 Å². The van der Waals surface area contributed by atoms with Gasteiger partial charge in [0.25, 0.3) is 0 Å². The molecule has 1 N–H and O–H groups in total. The van der Waals surface area contributed by atoms with Crippen molar-refractivity contribution in [1.82, 2.24) is 0 Å². The van der Waals surface area contributed by atoms with Crippen molar-refractivity contribution in [2.75, 3.05) is 7.11 Å². The second-order valence-electron chi connectivity index (χ2n) is 5.11. The fraction of sp³-hybridized carbons (Fsp3) is 0.250. The summed E-state index contributed by atoms with van der Waals surface area (Å²) in [4.78, 5) is 25.1. The van der Waals surface area contributed by atoms with Crippen molar-refractivity contribution >= 4 is 11.6 Å². The average molecular weight is 286 g/mol. The molecule has 0 bridgehead atoms. The Hall–Kier alpha value is -2.40. The molecular formula is C16H14O5. The number of hydrogen-bond acceptors (Lipinski definition) is 5. The highest BCUT2D eigenvalue weighted by molar-refractivity contribution is 6.28. The van der Waals surface area contributed by atoms with E-state index in [-0.39, 0.29) is 22.5 Å². The highest BCUT2D eigenvalue weighted by atomic mass is 16.5. The Kier molecular flexibility index (Phi) is 2.95. The Balaban J connectivity index is 2.17. The predicted molar refractivity (Wildman–Crippen MR) is 74.4 cm³/mol. The van der Waals surface area contributed by atoms with Gasteiger partial charge in [-0.1, -0.05) is 12.6 Å². The molecule has 2 aliphatic rings. The maximum Gasteiger partial charge on any atom is 0.229 e. The van der Waals surface area contributed by atoms with Crippen LogP contribution in [-0.4, -0.2) is 36.0 Å². The number of ketones is 2. The highest BCUT2D eigenvalue weighted by Crippen LogP contribution is 2.40. The zero-order valence-corrected chi connectivity index (χ0v) is 11.7. The van der Waals surface area contributed by atoms with Crippen molar-refractivity contribution in [3.05, 3.63) is 52.8 Å². The molecule has 1 heterocycles. The third kappa shape index (κ3) is 1.74. The number of carbonyl (C=O) groups is 2. The van der Waals surface area contributed by atoms with Crippen LogP contribution in [0.4, 0.5) is 0 Å². The molecule has 3 rings (SSSR count). The summed E-state index contributed by atoms with van der Waals surface area (Å²) in [7, 11) is 1.43. The van der Waals surface area contributed by atoms with E-state index in [4.69, 9.17) is 9.47 Å². The van der Waals surface area contributed by atoms with Crippen molar-refractivity contribution in [2.24, 2.45) is 0 Å². The smallest absolute Gasteiger partial charge is 0.229 e. The number of hydrogen-bond donors (Lipinski definition) is 1. The van der Waals surface area contributed by atoms with Crippen LogP contribution >= 0.6 is 0 Å². The number of benzene rings is 1. The van der Waals surface area contributed by atoms with Gasteiger partial charge in [-0.15, -0.1) is 0 Å². The van der Waals surface area contributed by atoms with E-state index in [1.54, 1.807) is 25.1 Å². The Morgan fingerprint density at radius 2 is 2.05 bits per heavy atom. The summed E-state index contributed by atoms with van der Waals surface area (Å²) < 4.78 is 10.6. The van der Waals surface area contributed by atoms with Crippen LogP contribution in [0.25, 0.3) is 0 Å². The molecular weight excluding hydrogens is 272 g/mol. The van der Waals surface area contributed by atoms with E-state index in [0.29, 0.717) is 11.3 Å². The van der Waals surface area contributed by atoms with Crippen LogP contribution in [0.15, 0.2) is 41.7 Å². The van der Waals surface area contributed by atoms with Crippen LogP contribution in [0, 0.1) is 0 Å². The maximum atomic E-state index is 12.6. The minimum absolute atomic E-state index is 0.00926. The number of allylic oxidation sites excluding steroid dienone is 1. The molecule has 1 aromatic rings. The molecule has 2 atom stereocenters. The molecule has 0 saturated heterocycles. The molecule has 0 saturated carbocycles. The molecule has 0 spiro atoms. The van der Waals surface area contributed by atoms with Gasteiger partial charge in [0.05, 0.1) is 18.2 Å². The monoisotopic (exact) mass is 286 g/mol. The second kappa shape index (κ2) is 4.56. The molecule has 0 radical (unpaired) electrons. The fourth-order valence-corrected chi connectivity index (χ4v) is 2.71. The molecule has 1 aromatic carbocycles. The van der Waals surface area contributed by atoms with Gasteiger partial charge in [0, 0.05) is 5.56 Å². The first kappa shape index (κ1) is 13.6.